The van der Waals surface area contributed by atoms with Crippen LogP contribution in [0, 0.1) is 31.5 Å². The SMILES string of the molecule is Cc1nc(C)c2nc(-c3cncc(F)c3)n(CCC3=C(F)CC(CC4CCNCC4)C=C3)c2n1. The molecular formula is C26H30F2N6. The van der Waals surface area contributed by atoms with Crippen LogP contribution < -0.4 is 5.32 Å². The van der Waals surface area contributed by atoms with E-state index in [0.29, 0.717) is 59.3 Å². The molecule has 1 saturated heterocycles. The number of nitrogens with one attached hydrogen (secondary N) is 1. The second kappa shape index (κ2) is 9.70. The fourth-order valence-electron chi connectivity index (χ4n) is 5.17. The van der Waals surface area contributed by atoms with Crippen LogP contribution in [0.3, 0.4) is 0 Å². The average molecular weight is 465 g/mol. The first-order chi connectivity index (χ1) is 16.5. The van der Waals surface area contributed by atoms with Gasteiger partial charge in [-0.15, -0.1) is 0 Å². The molecule has 1 unspecified atom stereocenters. The first-order valence-corrected chi connectivity index (χ1v) is 12.1. The van der Waals surface area contributed by atoms with E-state index in [1.807, 2.05) is 24.5 Å². The molecule has 0 aromatic carbocycles. The van der Waals surface area contributed by atoms with E-state index < -0.39 is 5.82 Å². The van der Waals surface area contributed by atoms with Crippen molar-refractivity contribution in [2.24, 2.45) is 11.8 Å². The minimum Gasteiger partial charge on any atom is -0.317 e. The molecule has 1 fully saturated rings. The Bertz CT molecular complexity index is 1260. The van der Waals surface area contributed by atoms with Crippen LogP contribution in [-0.4, -0.2) is 37.6 Å². The fourth-order valence-corrected chi connectivity index (χ4v) is 5.17. The van der Waals surface area contributed by atoms with Crippen LogP contribution in [0.15, 0.2) is 42.0 Å². The minimum absolute atomic E-state index is 0.0261. The topological polar surface area (TPSA) is 68.5 Å². The van der Waals surface area contributed by atoms with Crippen molar-refractivity contribution in [1.82, 2.24) is 29.8 Å². The van der Waals surface area contributed by atoms with Gasteiger partial charge in [0.2, 0.25) is 0 Å². The third-order valence-corrected chi connectivity index (χ3v) is 6.90. The molecular weight excluding hydrogens is 434 g/mol. The van der Waals surface area contributed by atoms with Crippen LogP contribution in [0.25, 0.3) is 22.6 Å². The molecule has 34 heavy (non-hydrogen) atoms. The second-order valence-electron chi connectivity index (χ2n) is 9.44. The molecule has 0 spiro atoms. The molecule has 178 valence electrons. The molecule has 0 amide bonds. The largest absolute Gasteiger partial charge is 0.317 e. The molecule has 3 aromatic heterocycles. The van der Waals surface area contributed by atoms with Crippen LogP contribution >= 0.6 is 0 Å². The van der Waals surface area contributed by atoms with E-state index in [2.05, 4.69) is 26.3 Å². The zero-order valence-corrected chi connectivity index (χ0v) is 19.7. The quantitative estimate of drug-likeness (QED) is 0.541. The van der Waals surface area contributed by atoms with Crippen molar-refractivity contribution in [3.8, 4) is 11.4 Å². The maximum absolute atomic E-state index is 15.1. The van der Waals surface area contributed by atoms with Crippen LogP contribution in [0.1, 0.15) is 43.6 Å². The van der Waals surface area contributed by atoms with Crippen molar-refractivity contribution < 1.29 is 8.78 Å². The molecule has 1 atom stereocenters. The summed E-state index contributed by atoms with van der Waals surface area (Å²) in [6, 6.07) is 1.41. The summed E-state index contributed by atoms with van der Waals surface area (Å²) in [7, 11) is 0. The number of aromatic nitrogens is 5. The van der Waals surface area contributed by atoms with Crippen molar-refractivity contribution in [2.75, 3.05) is 13.1 Å². The van der Waals surface area contributed by atoms with Gasteiger partial charge >= 0.3 is 0 Å². The predicted molar refractivity (Wildman–Crippen MR) is 128 cm³/mol. The Kier molecular flexibility index (Phi) is 6.50. The van der Waals surface area contributed by atoms with E-state index >= 15 is 4.39 Å². The maximum Gasteiger partial charge on any atom is 0.164 e. The number of aryl methyl sites for hydroxylation is 3. The lowest BCUT2D eigenvalue weighted by molar-refractivity contribution is 0.312. The molecule has 0 saturated carbocycles. The van der Waals surface area contributed by atoms with E-state index in [1.54, 1.807) is 6.20 Å². The van der Waals surface area contributed by atoms with Gasteiger partial charge < -0.3 is 9.88 Å². The van der Waals surface area contributed by atoms with Gasteiger partial charge in [0.05, 0.1) is 11.9 Å². The Labute approximate surface area is 198 Å². The number of allylic oxidation sites excluding steroid dienone is 4. The number of piperidine rings is 1. The summed E-state index contributed by atoms with van der Waals surface area (Å²) in [6.45, 7) is 6.33. The Hall–Kier alpha value is -3.00. The van der Waals surface area contributed by atoms with Gasteiger partial charge in [-0.2, -0.15) is 0 Å². The van der Waals surface area contributed by atoms with E-state index in [4.69, 9.17) is 4.98 Å². The van der Waals surface area contributed by atoms with Crippen LogP contribution in [0.5, 0.6) is 0 Å². The lowest BCUT2D eigenvalue weighted by Gasteiger charge is -2.27. The van der Waals surface area contributed by atoms with Gasteiger partial charge in [0.15, 0.2) is 5.65 Å². The van der Waals surface area contributed by atoms with Crippen molar-refractivity contribution in [3.63, 3.8) is 0 Å². The number of halogens is 2. The monoisotopic (exact) mass is 464 g/mol. The van der Waals surface area contributed by atoms with E-state index in [9.17, 15) is 4.39 Å². The Morgan fingerprint density at radius 1 is 1.09 bits per heavy atom. The summed E-state index contributed by atoms with van der Waals surface area (Å²) in [4.78, 5) is 17.7. The molecule has 1 N–H and O–H groups in total. The standard InChI is InChI=1S/C26H30F2N6/c1-16-24-26(32-17(2)31-16)34(25(33-24)21-13-22(27)15-30-14-21)10-7-20-4-3-19(12-23(20)28)11-18-5-8-29-9-6-18/h3-4,13-15,18-19,29H,5-12H2,1-2H3. The molecule has 4 heterocycles. The van der Waals surface area contributed by atoms with Crippen LogP contribution in [0.4, 0.5) is 8.78 Å². The lowest BCUT2D eigenvalue weighted by Crippen LogP contribution is -2.28. The average Bonchev–Trinajstić information content (AvgIpc) is 3.18. The summed E-state index contributed by atoms with van der Waals surface area (Å²) in [5, 5.41) is 3.39. The number of fused-ring (bicyclic) bond motifs is 1. The normalized spacial score (nSPS) is 19.4. The number of hydrogen-bond acceptors (Lipinski definition) is 5. The summed E-state index contributed by atoms with van der Waals surface area (Å²) in [5.74, 6) is 1.69. The van der Waals surface area contributed by atoms with Crippen molar-refractivity contribution in [3.05, 3.63) is 59.3 Å². The van der Waals surface area contributed by atoms with Crippen LogP contribution in [-0.2, 0) is 6.54 Å². The van der Waals surface area contributed by atoms with E-state index in [0.717, 1.165) is 25.2 Å². The molecule has 8 heteroatoms. The highest BCUT2D eigenvalue weighted by molar-refractivity contribution is 5.79. The molecule has 0 bridgehead atoms. The molecule has 1 aliphatic heterocycles. The first-order valence-electron chi connectivity index (χ1n) is 12.1. The Morgan fingerprint density at radius 3 is 2.68 bits per heavy atom. The number of imidazole rings is 1. The summed E-state index contributed by atoms with van der Waals surface area (Å²) >= 11 is 0. The zero-order chi connectivity index (χ0) is 23.7. The summed E-state index contributed by atoms with van der Waals surface area (Å²) < 4.78 is 31.0. The fraction of sp³-hybridized carbons (Fsp3) is 0.462. The summed E-state index contributed by atoms with van der Waals surface area (Å²) in [5.41, 5.74) is 3.38. The predicted octanol–water partition coefficient (Wildman–Crippen LogP) is 5.22. The smallest absolute Gasteiger partial charge is 0.164 e. The minimum atomic E-state index is -0.432. The van der Waals surface area contributed by atoms with Crippen molar-refractivity contribution in [1.29, 1.82) is 0 Å². The highest BCUT2D eigenvalue weighted by Crippen LogP contribution is 2.34. The van der Waals surface area contributed by atoms with Gasteiger partial charge in [-0.25, -0.2) is 23.7 Å². The third-order valence-electron chi connectivity index (χ3n) is 6.90. The van der Waals surface area contributed by atoms with E-state index in [1.165, 1.54) is 25.1 Å². The molecule has 3 aromatic rings. The molecule has 6 nitrogen and oxygen atoms in total. The number of nitrogens with zero attached hydrogens (tertiary/aromatic N) is 5. The van der Waals surface area contributed by atoms with Gasteiger partial charge in [-0.1, -0.05) is 12.2 Å². The second-order valence-corrected chi connectivity index (χ2v) is 9.44. The molecule has 5 rings (SSSR count). The van der Waals surface area contributed by atoms with Gasteiger partial charge in [0, 0.05) is 24.7 Å². The number of pyridine rings is 1. The Morgan fingerprint density at radius 2 is 1.91 bits per heavy atom. The highest BCUT2D eigenvalue weighted by Gasteiger charge is 2.23. The number of hydrogen-bond donors (Lipinski definition) is 1. The zero-order valence-electron chi connectivity index (χ0n) is 19.7. The van der Waals surface area contributed by atoms with Crippen molar-refractivity contribution in [2.45, 2.75) is 52.5 Å². The van der Waals surface area contributed by atoms with Crippen LogP contribution in [0.2, 0.25) is 0 Å². The van der Waals surface area contributed by atoms with E-state index in [-0.39, 0.29) is 11.7 Å². The Balaban J connectivity index is 1.39. The van der Waals surface area contributed by atoms with Gasteiger partial charge in [0.25, 0.3) is 0 Å². The van der Waals surface area contributed by atoms with Gasteiger partial charge in [0.1, 0.15) is 28.8 Å². The number of rotatable bonds is 6. The highest BCUT2D eigenvalue weighted by atomic mass is 19.1. The lowest BCUT2D eigenvalue weighted by atomic mass is 9.83. The summed E-state index contributed by atoms with van der Waals surface area (Å²) in [6.07, 6.45) is 11.3. The van der Waals surface area contributed by atoms with Crippen molar-refractivity contribution >= 4 is 11.2 Å². The first kappa shape index (κ1) is 22.8. The maximum atomic E-state index is 15.1. The molecule has 2 aliphatic rings. The molecule has 1 aliphatic carbocycles. The van der Waals surface area contributed by atoms with Gasteiger partial charge in [-0.3, -0.25) is 4.98 Å². The third kappa shape index (κ3) is 4.78. The van der Waals surface area contributed by atoms with Gasteiger partial charge in [-0.05, 0) is 76.1 Å². The molecule has 0 radical (unpaired) electrons.